The van der Waals surface area contributed by atoms with Gasteiger partial charge < -0.3 is 31.7 Å². The number of hydrogen-bond acceptors (Lipinski definition) is 17. The van der Waals surface area contributed by atoms with Crippen molar-refractivity contribution in [3.05, 3.63) is 362 Å². The summed E-state index contributed by atoms with van der Waals surface area (Å²) in [4.78, 5) is 80.5. The molecular weight excluding hydrogens is 1500 g/mol. The fourth-order valence-electron chi connectivity index (χ4n) is 9.88. The van der Waals surface area contributed by atoms with Crippen LogP contribution in [0.25, 0.3) is 52.2 Å². The van der Waals surface area contributed by atoms with Crippen molar-refractivity contribution in [3.8, 4) is 76.2 Å². The third-order valence-corrected chi connectivity index (χ3v) is 21.2. The molecule has 0 aliphatic heterocycles. The fourth-order valence-corrected chi connectivity index (χ4v) is 14.5. The van der Waals surface area contributed by atoms with E-state index < -0.39 is 0 Å². The molecule has 0 saturated heterocycles. The number of pyridine rings is 3. The summed E-state index contributed by atoms with van der Waals surface area (Å²) in [6.07, 6.45) is 9.75. The van der Waals surface area contributed by atoms with Crippen LogP contribution in [-0.2, 0) is 0 Å². The first-order valence-corrected chi connectivity index (χ1v) is 37.3. The van der Waals surface area contributed by atoms with Gasteiger partial charge in [0.15, 0.2) is 0 Å². The van der Waals surface area contributed by atoms with Crippen LogP contribution in [0, 0.1) is 45.6 Å². The zero-order chi connectivity index (χ0) is 77.1. The van der Waals surface area contributed by atoms with E-state index in [4.69, 9.17) is 27.4 Å². The molecule has 0 atom stereocenters. The summed E-state index contributed by atoms with van der Waals surface area (Å²) in [6.45, 7) is 0. The highest BCUT2D eigenvalue weighted by Crippen LogP contribution is 2.35. The molecule has 110 heavy (non-hydrogen) atoms. The van der Waals surface area contributed by atoms with Crippen LogP contribution in [0.2, 0.25) is 5.02 Å². The number of amides is 5. The van der Waals surface area contributed by atoms with E-state index in [-0.39, 0.29) is 46.9 Å². The Balaban J connectivity index is 0.000000136. The van der Waals surface area contributed by atoms with Crippen molar-refractivity contribution >= 4 is 126 Å². The number of aromatic hydroxyl groups is 1. The minimum atomic E-state index is -0.286. The molecule has 0 fully saturated rings. The molecule has 17 nitrogen and oxygen atoms in total. The molecule has 15 aromatic rings. The molecule has 0 aliphatic rings. The first-order valence-electron chi connectivity index (χ1n) is 32.9. The molecule has 8 aromatic heterocycles. The summed E-state index contributed by atoms with van der Waals surface area (Å²) in [5.74, 6) is -1.28. The van der Waals surface area contributed by atoms with Crippen molar-refractivity contribution in [1.82, 2.24) is 15.0 Å². The molecule has 6 N–H and O–H groups in total. The lowest BCUT2D eigenvalue weighted by Gasteiger charge is -2.03. The lowest BCUT2D eigenvalue weighted by molar-refractivity contribution is 0.102. The third-order valence-electron chi connectivity index (χ3n) is 15.3. The van der Waals surface area contributed by atoms with E-state index in [0.29, 0.717) is 74.5 Å². The average Bonchev–Trinajstić information content (AvgIpc) is 1.80. The van der Waals surface area contributed by atoms with Gasteiger partial charge in [0.05, 0.1) is 71.2 Å². The Labute approximate surface area is 654 Å². The first kappa shape index (κ1) is 77.4. The van der Waals surface area contributed by atoms with Gasteiger partial charge in [-0.2, -0.15) is 15.8 Å². The topological polar surface area (TPSA) is 276 Å². The Kier molecular flexibility index (Phi) is 27.1. The van der Waals surface area contributed by atoms with E-state index in [1.54, 1.807) is 183 Å². The zero-order valence-electron chi connectivity index (χ0n) is 57.2. The van der Waals surface area contributed by atoms with Crippen LogP contribution in [0.5, 0.6) is 5.75 Å². The SMILES string of the molecule is N#Cc1cccc(-c2ccc(C(=O)Nc3ccc(Cl)cc3)s2)c1.N#Cc1cccc(-c2ccc(C(=O)Nc3cccnc3)s2)c1.N#Cc1cccc(-c2ccc(C(=O)Nc3ccncc3)s2)c1.O=C(Nc1ccc(O)cc1)c1ccc(-c2ccc(F)cc2)s1.O=C(Nc1ccncc1)c1ccc(-c2ccc(F)cc2)s1. The van der Waals surface area contributed by atoms with E-state index in [0.717, 1.165) is 52.2 Å². The summed E-state index contributed by atoms with van der Waals surface area (Å²) in [5.41, 5.74) is 9.75. The number of nitriles is 3. The van der Waals surface area contributed by atoms with Gasteiger partial charge in [-0.3, -0.25) is 38.9 Å². The normalized spacial score (nSPS) is 10.1. The lowest BCUT2D eigenvalue weighted by Crippen LogP contribution is -2.09. The largest absolute Gasteiger partial charge is 0.508 e. The van der Waals surface area contributed by atoms with Crippen LogP contribution in [0.1, 0.15) is 65.0 Å². The Hall–Kier alpha value is -13.7. The second kappa shape index (κ2) is 38.5. The van der Waals surface area contributed by atoms with Crippen LogP contribution in [-0.4, -0.2) is 49.6 Å². The average molecular weight is 1560 g/mol. The molecule has 7 aromatic carbocycles. The number of carbonyl (C=O) groups is 5. The summed E-state index contributed by atoms with van der Waals surface area (Å²) in [5, 5.41) is 50.7. The van der Waals surface area contributed by atoms with Crippen molar-refractivity contribution in [3.63, 3.8) is 0 Å². The van der Waals surface area contributed by atoms with Gasteiger partial charge in [0.2, 0.25) is 0 Å². The Bertz CT molecular complexity index is 5660. The van der Waals surface area contributed by atoms with E-state index in [2.05, 4.69) is 59.7 Å². The number of anilines is 5. The number of rotatable bonds is 15. The minimum Gasteiger partial charge on any atom is -0.508 e. The quantitative estimate of drug-likeness (QED) is 0.0523. The molecule has 25 heteroatoms. The van der Waals surface area contributed by atoms with E-state index in [1.807, 2.05) is 84.9 Å². The maximum Gasteiger partial charge on any atom is 0.265 e. The van der Waals surface area contributed by atoms with Crippen LogP contribution in [0.15, 0.2) is 304 Å². The molecule has 5 amide bonds. The van der Waals surface area contributed by atoms with Crippen LogP contribution >= 0.6 is 68.3 Å². The number of phenols is 1. The number of aromatic nitrogens is 3. The van der Waals surface area contributed by atoms with E-state index in [9.17, 15) is 37.9 Å². The standard InChI is InChI=1S/C18H11ClN2OS.C17H12FNO2S.2C17H11N3OS.C16H11FN2OS/c19-14-4-6-15(7-5-14)21-18(22)17-9-8-16(23-17)13-3-1-2-12(10-13)11-20;18-12-3-1-11(2-4-12)15-9-10-16(22-15)17(21)19-13-5-7-14(20)8-6-13;18-10-12-3-1-4-13(9-12)15-6-7-16(22-15)17(21)20-14-5-2-8-19-11-14;18-11-12-2-1-3-13(10-12)15-4-5-16(22-15)17(21)20-14-6-8-19-9-7-14;17-12-3-1-11(2-4-12)14-5-6-15(21-14)16(20)19-13-7-9-18-10-8-13/h1-10H,(H,21,22);1-10,20H,(H,19,21);1-9,11H,(H,20,21);1-10H,(H,19,20,21);1-10H,(H,18,19,20). The predicted molar refractivity (Wildman–Crippen MR) is 435 cm³/mol. The highest BCUT2D eigenvalue weighted by molar-refractivity contribution is 7.19. The molecule has 0 saturated carbocycles. The molecule has 8 heterocycles. The van der Waals surface area contributed by atoms with Gasteiger partial charge >= 0.3 is 0 Å². The summed E-state index contributed by atoms with van der Waals surface area (Å²) in [6, 6.07) is 82.7. The molecule has 538 valence electrons. The predicted octanol–water partition coefficient (Wildman–Crippen LogP) is 21.8. The Morgan fingerprint density at radius 2 is 0.618 bits per heavy atom. The number of phenolic OH excluding ortho intramolecular Hbond substituents is 1. The fraction of sp³-hybridized carbons (Fsp3) is 0. The van der Waals surface area contributed by atoms with Gasteiger partial charge in [-0.25, -0.2) is 8.78 Å². The number of hydrogen-bond donors (Lipinski definition) is 6. The number of benzene rings is 7. The lowest BCUT2D eigenvalue weighted by atomic mass is 10.1. The highest BCUT2D eigenvalue weighted by Gasteiger charge is 2.17. The first-order chi connectivity index (χ1) is 53.5. The van der Waals surface area contributed by atoms with Crippen molar-refractivity contribution in [2.45, 2.75) is 0 Å². The molecule has 0 aliphatic carbocycles. The van der Waals surface area contributed by atoms with E-state index in [1.165, 1.54) is 93.1 Å². The minimum absolute atomic E-state index is 0.146. The second-order valence-electron chi connectivity index (χ2n) is 22.9. The van der Waals surface area contributed by atoms with Crippen molar-refractivity contribution in [2.75, 3.05) is 26.6 Å². The number of carbonyl (C=O) groups excluding carboxylic acids is 5. The summed E-state index contributed by atoms with van der Waals surface area (Å²) >= 11 is 12.7. The van der Waals surface area contributed by atoms with Crippen molar-refractivity contribution in [2.24, 2.45) is 0 Å². The number of halogens is 3. The molecule has 0 spiro atoms. The Morgan fingerprint density at radius 1 is 0.318 bits per heavy atom. The number of nitrogens with zero attached hydrogens (tertiary/aromatic N) is 6. The number of nitrogens with one attached hydrogen (secondary N) is 5. The van der Waals surface area contributed by atoms with Crippen molar-refractivity contribution < 1.29 is 37.9 Å². The van der Waals surface area contributed by atoms with Gasteiger partial charge in [-0.1, -0.05) is 72.3 Å². The second-order valence-corrected chi connectivity index (χ2v) is 28.8. The molecule has 0 unspecified atom stereocenters. The summed E-state index contributed by atoms with van der Waals surface area (Å²) in [7, 11) is 0. The van der Waals surface area contributed by atoms with Crippen LogP contribution in [0.4, 0.5) is 37.2 Å². The van der Waals surface area contributed by atoms with Crippen LogP contribution < -0.4 is 26.6 Å². The smallest absolute Gasteiger partial charge is 0.265 e. The summed E-state index contributed by atoms with van der Waals surface area (Å²) < 4.78 is 25.8. The van der Waals surface area contributed by atoms with Gasteiger partial charge in [-0.05, 0) is 234 Å². The monoisotopic (exact) mass is 1560 g/mol. The molecular formula is C85H56ClF2N11O6S5. The van der Waals surface area contributed by atoms with Gasteiger partial charge in [-0.15, -0.1) is 56.7 Å². The van der Waals surface area contributed by atoms with Crippen LogP contribution in [0.3, 0.4) is 0 Å². The Morgan fingerprint density at radius 3 is 0.927 bits per heavy atom. The zero-order valence-corrected chi connectivity index (χ0v) is 62.1. The molecule has 0 bridgehead atoms. The van der Waals surface area contributed by atoms with Gasteiger partial charge in [0.1, 0.15) is 17.4 Å². The van der Waals surface area contributed by atoms with Gasteiger partial charge in [0, 0.05) is 83.1 Å². The maximum absolute atomic E-state index is 12.9. The number of thiophene rings is 5. The molecule has 0 radical (unpaired) electrons. The third kappa shape index (κ3) is 22.4. The highest BCUT2D eigenvalue weighted by atomic mass is 35.5. The van der Waals surface area contributed by atoms with Gasteiger partial charge in [0.25, 0.3) is 29.5 Å². The maximum atomic E-state index is 12.9. The van der Waals surface area contributed by atoms with E-state index >= 15 is 0 Å². The molecule has 15 rings (SSSR count). The van der Waals surface area contributed by atoms with Crippen molar-refractivity contribution in [1.29, 1.82) is 15.8 Å².